The van der Waals surface area contributed by atoms with Gasteiger partial charge in [0, 0.05) is 5.69 Å². The van der Waals surface area contributed by atoms with Gasteiger partial charge in [0.1, 0.15) is 11.8 Å². The lowest BCUT2D eigenvalue weighted by atomic mass is 9.68. The fraction of sp³-hybridized carbons (Fsp3) is 0.440. The second-order valence-corrected chi connectivity index (χ2v) is 7.99. The minimum atomic E-state index is -0.505. The molecule has 1 aliphatic carbocycles. The van der Waals surface area contributed by atoms with Gasteiger partial charge >= 0.3 is 0 Å². The van der Waals surface area contributed by atoms with Gasteiger partial charge in [0.25, 0.3) is 0 Å². The standard InChI is InChI=1S/C25H30N2O2/c1-3-4-16-29-23-13-12-22(17-20(23)18-26)27-24(28)25(14-6-5-7-15-25)21-10-8-19(2)9-11-21/h8-13,17H,3-7,14-16H2,1-2H3,(H,27,28). The van der Waals surface area contributed by atoms with Crippen LogP contribution in [0.15, 0.2) is 42.5 Å². The number of anilines is 1. The number of hydrogen-bond donors (Lipinski definition) is 1. The molecule has 1 amide bonds. The number of ether oxygens (including phenoxy) is 1. The molecule has 1 N–H and O–H groups in total. The molecular weight excluding hydrogens is 360 g/mol. The van der Waals surface area contributed by atoms with Crippen LogP contribution in [-0.2, 0) is 10.2 Å². The molecule has 4 nitrogen and oxygen atoms in total. The van der Waals surface area contributed by atoms with Gasteiger partial charge in [0.05, 0.1) is 17.6 Å². The molecule has 1 fully saturated rings. The first-order chi connectivity index (χ1) is 14.1. The lowest BCUT2D eigenvalue weighted by Crippen LogP contribution is -2.42. The number of amides is 1. The second-order valence-electron chi connectivity index (χ2n) is 7.99. The van der Waals surface area contributed by atoms with E-state index >= 15 is 0 Å². The average Bonchev–Trinajstić information content (AvgIpc) is 2.75. The maximum atomic E-state index is 13.4. The molecular formula is C25H30N2O2. The molecule has 0 heterocycles. The molecule has 0 unspecified atom stereocenters. The summed E-state index contributed by atoms with van der Waals surface area (Å²) < 4.78 is 5.71. The van der Waals surface area contributed by atoms with Gasteiger partial charge in [-0.25, -0.2) is 0 Å². The van der Waals surface area contributed by atoms with Crippen LogP contribution in [0.25, 0.3) is 0 Å². The van der Waals surface area contributed by atoms with Crippen LogP contribution < -0.4 is 10.1 Å². The summed E-state index contributed by atoms with van der Waals surface area (Å²) in [5.74, 6) is 0.592. The summed E-state index contributed by atoms with van der Waals surface area (Å²) in [6.07, 6.45) is 6.96. The van der Waals surface area contributed by atoms with E-state index in [-0.39, 0.29) is 5.91 Å². The Labute approximate surface area is 173 Å². The fourth-order valence-corrected chi connectivity index (χ4v) is 4.07. The largest absolute Gasteiger partial charge is 0.492 e. The second kappa shape index (κ2) is 9.60. The number of nitriles is 1. The number of nitrogens with zero attached hydrogens (tertiary/aromatic N) is 1. The first-order valence-electron chi connectivity index (χ1n) is 10.6. The predicted octanol–water partition coefficient (Wildman–Crippen LogP) is 5.89. The maximum Gasteiger partial charge on any atom is 0.235 e. The highest BCUT2D eigenvalue weighted by molar-refractivity contribution is 5.99. The van der Waals surface area contributed by atoms with Crippen molar-refractivity contribution in [2.45, 2.75) is 64.2 Å². The van der Waals surface area contributed by atoms with Gasteiger partial charge in [-0.2, -0.15) is 5.26 Å². The molecule has 0 spiro atoms. The molecule has 29 heavy (non-hydrogen) atoms. The first kappa shape index (κ1) is 20.9. The van der Waals surface area contributed by atoms with Gasteiger partial charge in [0.2, 0.25) is 5.91 Å². The van der Waals surface area contributed by atoms with E-state index in [1.54, 1.807) is 12.1 Å². The molecule has 3 rings (SSSR count). The minimum Gasteiger partial charge on any atom is -0.492 e. The van der Waals surface area contributed by atoms with Crippen molar-refractivity contribution >= 4 is 11.6 Å². The van der Waals surface area contributed by atoms with E-state index in [4.69, 9.17) is 4.74 Å². The third-order valence-electron chi connectivity index (χ3n) is 5.86. The third-order valence-corrected chi connectivity index (χ3v) is 5.86. The highest BCUT2D eigenvalue weighted by Gasteiger charge is 2.41. The summed E-state index contributed by atoms with van der Waals surface area (Å²) in [7, 11) is 0. The van der Waals surface area contributed by atoms with Crippen molar-refractivity contribution in [3.63, 3.8) is 0 Å². The number of carbonyl (C=O) groups is 1. The molecule has 0 aliphatic heterocycles. The molecule has 0 aromatic heterocycles. The Morgan fingerprint density at radius 3 is 2.52 bits per heavy atom. The Balaban J connectivity index is 1.83. The molecule has 2 aromatic rings. The highest BCUT2D eigenvalue weighted by Crippen LogP contribution is 2.40. The van der Waals surface area contributed by atoms with Crippen molar-refractivity contribution in [3.05, 3.63) is 59.2 Å². The van der Waals surface area contributed by atoms with Gasteiger partial charge in [-0.05, 0) is 49.9 Å². The van der Waals surface area contributed by atoms with Crippen molar-refractivity contribution in [1.29, 1.82) is 5.26 Å². The molecule has 0 bridgehead atoms. The number of aryl methyl sites for hydroxylation is 1. The molecule has 0 atom stereocenters. The van der Waals surface area contributed by atoms with Crippen LogP contribution in [0.1, 0.15) is 68.6 Å². The van der Waals surface area contributed by atoms with E-state index in [0.717, 1.165) is 44.1 Å². The summed E-state index contributed by atoms with van der Waals surface area (Å²) in [6.45, 7) is 4.75. The zero-order chi connectivity index (χ0) is 20.7. The first-order valence-corrected chi connectivity index (χ1v) is 10.6. The lowest BCUT2D eigenvalue weighted by molar-refractivity contribution is -0.122. The summed E-state index contributed by atoms with van der Waals surface area (Å²) >= 11 is 0. The average molecular weight is 391 g/mol. The zero-order valence-electron chi connectivity index (χ0n) is 17.5. The minimum absolute atomic E-state index is 0.0181. The van der Waals surface area contributed by atoms with Gasteiger partial charge in [-0.3, -0.25) is 4.79 Å². The van der Waals surface area contributed by atoms with E-state index in [0.29, 0.717) is 23.6 Å². The highest BCUT2D eigenvalue weighted by atomic mass is 16.5. The Morgan fingerprint density at radius 2 is 1.86 bits per heavy atom. The summed E-state index contributed by atoms with van der Waals surface area (Å²) in [6, 6.07) is 15.8. The Hall–Kier alpha value is -2.80. The number of carbonyl (C=O) groups excluding carboxylic acids is 1. The molecule has 0 radical (unpaired) electrons. The number of nitrogens with one attached hydrogen (secondary N) is 1. The fourth-order valence-electron chi connectivity index (χ4n) is 4.07. The third kappa shape index (κ3) is 4.79. The van der Waals surface area contributed by atoms with Crippen molar-refractivity contribution < 1.29 is 9.53 Å². The van der Waals surface area contributed by atoms with Crippen LogP contribution in [0.5, 0.6) is 5.75 Å². The van der Waals surface area contributed by atoms with E-state index < -0.39 is 5.41 Å². The quantitative estimate of drug-likeness (QED) is 0.600. The van der Waals surface area contributed by atoms with Crippen LogP contribution >= 0.6 is 0 Å². The molecule has 2 aromatic carbocycles. The van der Waals surface area contributed by atoms with Crippen LogP contribution in [0, 0.1) is 18.3 Å². The van der Waals surface area contributed by atoms with Gasteiger partial charge in [-0.1, -0.05) is 62.4 Å². The van der Waals surface area contributed by atoms with Crippen molar-refractivity contribution in [2.75, 3.05) is 11.9 Å². The van der Waals surface area contributed by atoms with E-state index in [1.807, 2.05) is 6.07 Å². The van der Waals surface area contributed by atoms with Crippen molar-refractivity contribution in [2.24, 2.45) is 0 Å². The Morgan fingerprint density at radius 1 is 1.14 bits per heavy atom. The number of unbranched alkanes of at least 4 members (excludes halogenated alkanes) is 1. The summed E-state index contributed by atoms with van der Waals surface area (Å²) in [5.41, 5.74) is 2.87. The van der Waals surface area contributed by atoms with Crippen molar-refractivity contribution in [1.82, 2.24) is 0 Å². The SMILES string of the molecule is CCCCOc1ccc(NC(=O)C2(c3ccc(C)cc3)CCCCC2)cc1C#N. The molecule has 152 valence electrons. The molecule has 4 heteroatoms. The molecule has 1 saturated carbocycles. The smallest absolute Gasteiger partial charge is 0.235 e. The van der Waals surface area contributed by atoms with E-state index in [9.17, 15) is 10.1 Å². The number of hydrogen-bond acceptors (Lipinski definition) is 3. The molecule has 1 aliphatic rings. The summed E-state index contributed by atoms with van der Waals surface area (Å²) in [4.78, 5) is 13.4. The van der Waals surface area contributed by atoms with Crippen molar-refractivity contribution in [3.8, 4) is 11.8 Å². The van der Waals surface area contributed by atoms with E-state index in [1.165, 1.54) is 12.0 Å². The van der Waals surface area contributed by atoms with Crippen LogP contribution in [0.3, 0.4) is 0 Å². The van der Waals surface area contributed by atoms with E-state index in [2.05, 4.69) is 49.5 Å². The number of benzene rings is 2. The Kier molecular flexibility index (Phi) is 6.93. The zero-order valence-corrected chi connectivity index (χ0v) is 17.5. The van der Waals surface area contributed by atoms with Gasteiger partial charge in [0.15, 0.2) is 0 Å². The lowest BCUT2D eigenvalue weighted by Gasteiger charge is -2.36. The topological polar surface area (TPSA) is 62.1 Å². The van der Waals surface area contributed by atoms with Gasteiger partial charge in [-0.15, -0.1) is 0 Å². The summed E-state index contributed by atoms with van der Waals surface area (Å²) in [5, 5.41) is 12.6. The predicted molar refractivity (Wildman–Crippen MR) is 116 cm³/mol. The van der Waals surface area contributed by atoms with Crippen LogP contribution in [-0.4, -0.2) is 12.5 Å². The monoisotopic (exact) mass is 390 g/mol. The normalized spacial score (nSPS) is 15.3. The van der Waals surface area contributed by atoms with Crippen LogP contribution in [0.2, 0.25) is 0 Å². The molecule has 0 saturated heterocycles. The Bertz CT molecular complexity index is 875. The maximum absolute atomic E-state index is 13.4. The van der Waals surface area contributed by atoms with Crippen LogP contribution in [0.4, 0.5) is 5.69 Å². The number of rotatable bonds is 7. The van der Waals surface area contributed by atoms with Gasteiger partial charge < -0.3 is 10.1 Å².